The van der Waals surface area contributed by atoms with Gasteiger partial charge in [0.25, 0.3) is 11.8 Å². The maximum absolute atomic E-state index is 12.9. The Kier molecular flexibility index (Phi) is 6.62. The number of benzene rings is 1. The van der Waals surface area contributed by atoms with E-state index >= 15 is 0 Å². The lowest BCUT2D eigenvalue weighted by Crippen LogP contribution is -2.39. The molecule has 2 fully saturated rings. The molecule has 2 saturated heterocycles. The lowest BCUT2D eigenvalue weighted by Gasteiger charge is -2.32. The fourth-order valence-corrected chi connectivity index (χ4v) is 4.22. The van der Waals surface area contributed by atoms with E-state index in [1.807, 2.05) is 34.1 Å². The summed E-state index contributed by atoms with van der Waals surface area (Å²) >= 11 is 0. The Balaban J connectivity index is 1.31. The minimum atomic E-state index is 0.0641. The highest BCUT2D eigenvalue weighted by molar-refractivity contribution is 5.97. The summed E-state index contributed by atoms with van der Waals surface area (Å²) in [4.78, 5) is 33.3. The lowest BCUT2D eigenvalue weighted by atomic mass is 9.97. The summed E-state index contributed by atoms with van der Waals surface area (Å²) in [5.74, 6) is 1.19. The van der Waals surface area contributed by atoms with Crippen LogP contribution in [0, 0.1) is 5.92 Å². The van der Waals surface area contributed by atoms with Crippen LogP contribution in [0.4, 0.5) is 0 Å². The molecule has 30 heavy (non-hydrogen) atoms. The number of carbonyl (C=O) groups excluding carboxylic acids is 2. The van der Waals surface area contributed by atoms with Gasteiger partial charge in [0.05, 0.1) is 12.2 Å². The molecule has 6 heteroatoms. The first kappa shape index (κ1) is 20.4. The van der Waals surface area contributed by atoms with E-state index in [0.29, 0.717) is 29.4 Å². The molecule has 0 spiro atoms. The van der Waals surface area contributed by atoms with Gasteiger partial charge in [-0.3, -0.25) is 14.6 Å². The van der Waals surface area contributed by atoms with Crippen LogP contribution in [-0.2, 0) is 0 Å². The molecule has 2 aromatic rings. The third-order valence-electron chi connectivity index (χ3n) is 6.06. The summed E-state index contributed by atoms with van der Waals surface area (Å²) in [5, 5.41) is 0. The molecular formula is C24H29N3O3. The highest BCUT2D eigenvalue weighted by Gasteiger charge is 2.25. The van der Waals surface area contributed by atoms with E-state index in [1.54, 1.807) is 24.5 Å². The summed E-state index contributed by atoms with van der Waals surface area (Å²) in [6.07, 6.45) is 8.45. The van der Waals surface area contributed by atoms with Crippen LogP contribution < -0.4 is 4.74 Å². The van der Waals surface area contributed by atoms with Crippen molar-refractivity contribution in [3.8, 4) is 5.75 Å². The molecule has 0 atom stereocenters. The third kappa shape index (κ3) is 4.81. The molecule has 1 aromatic heterocycles. The second kappa shape index (κ2) is 9.74. The second-order valence-corrected chi connectivity index (χ2v) is 8.13. The Bertz CT molecular complexity index is 857. The van der Waals surface area contributed by atoms with Gasteiger partial charge in [0, 0.05) is 44.1 Å². The predicted octanol–water partition coefficient (Wildman–Crippen LogP) is 3.64. The number of rotatable bonds is 5. The van der Waals surface area contributed by atoms with Gasteiger partial charge in [-0.1, -0.05) is 12.1 Å². The number of pyridine rings is 1. The molecule has 3 heterocycles. The summed E-state index contributed by atoms with van der Waals surface area (Å²) in [7, 11) is 0. The molecule has 158 valence electrons. The average Bonchev–Trinajstić information content (AvgIpc) is 2.83. The van der Waals surface area contributed by atoms with Crippen LogP contribution in [0.2, 0.25) is 0 Å². The van der Waals surface area contributed by atoms with Crippen LogP contribution in [0.1, 0.15) is 52.8 Å². The third-order valence-corrected chi connectivity index (χ3v) is 6.06. The second-order valence-electron chi connectivity index (χ2n) is 8.13. The maximum Gasteiger partial charge on any atom is 0.257 e. The zero-order chi connectivity index (χ0) is 20.8. The first-order valence-electron chi connectivity index (χ1n) is 10.9. The van der Waals surface area contributed by atoms with Crippen molar-refractivity contribution in [3.63, 3.8) is 0 Å². The zero-order valence-corrected chi connectivity index (χ0v) is 17.3. The maximum atomic E-state index is 12.9. The van der Waals surface area contributed by atoms with Crippen LogP contribution in [0.15, 0.2) is 48.8 Å². The molecule has 0 N–H and O–H groups in total. The number of hydrogen-bond acceptors (Lipinski definition) is 4. The summed E-state index contributed by atoms with van der Waals surface area (Å²) < 4.78 is 6.11. The molecule has 0 aliphatic carbocycles. The van der Waals surface area contributed by atoms with Crippen molar-refractivity contribution in [3.05, 3.63) is 59.9 Å². The minimum absolute atomic E-state index is 0.0641. The van der Waals surface area contributed by atoms with Crippen LogP contribution in [0.25, 0.3) is 0 Å². The van der Waals surface area contributed by atoms with Gasteiger partial charge in [0.15, 0.2) is 0 Å². The minimum Gasteiger partial charge on any atom is -0.492 e. The van der Waals surface area contributed by atoms with Crippen LogP contribution >= 0.6 is 0 Å². The summed E-state index contributed by atoms with van der Waals surface area (Å²) in [6, 6.07) is 11.1. The zero-order valence-electron chi connectivity index (χ0n) is 17.3. The van der Waals surface area contributed by atoms with Crippen molar-refractivity contribution in [2.75, 3.05) is 32.8 Å². The smallest absolute Gasteiger partial charge is 0.257 e. The van der Waals surface area contributed by atoms with Crippen molar-refractivity contribution < 1.29 is 14.3 Å². The van der Waals surface area contributed by atoms with Gasteiger partial charge in [0.1, 0.15) is 5.75 Å². The van der Waals surface area contributed by atoms with E-state index in [1.165, 1.54) is 6.42 Å². The summed E-state index contributed by atoms with van der Waals surface area (Å²) in [6.45, 7) is 3.68. The van der Waals surface area contributed by atoms with E-state index in [-0.39, 0.29) is 11.8 Å². The standard InChI is InChI=1S/C24H29N3O3/c28-23(20-8-12-25-13-9-20)27-16-10-19(11-17-27)18-30-22-7-3-2-6-21(22)24(29)26-14-4-1-5-15-26/h2-3,6-9,12-13,19H,1,4-5,10-11,14-18H2. The number of para-hydroxylation sites is 1. The van der Waals surface area contributed by atoms with Gasteiger partial charge in [-0.15, -0.1) is 0 Å². The molecular weight excluding hydrogens is 378 g/mol. The van der Waals surface area contributed by atoms with Crippen LogP contribution in [0.5, 0.6) is 5.75 Å². The molecule has 2 aliphatic heterocycles. The Labute approximate surface area is 177 Å². The molecule has 0 bridgehead atoms. The Hall–Kier alpha value is -2.89. The lowest BCUT2D eigenvalue weighted by molar-refractivity contribution is 0.0652. The predicted molar refractivity (Wildman–Crippen MR) is 115 cm³/mol. The van der Waals surface area contributed by atoms with E-state index in [2.05, 4.69) is 4.98 Å². The van der Waals surface area contributed by atoms with Gasteiger partial charge in [-0.2, -0.15) is 0 Å². The fourth-order valence-electron chi connectivity index (χ4n) is 4.22. The monoisotopic (exact) mass is 407 g/mol. The molecule has 2 amide bonds. The number of likely N-dealkylation sites (tertiary alicyclic amines) is 2. The van der Waals surface area contributed by atoms with E-state index in [0.717, 1.165) is 51.9 Å². The molecule has 4 rings (SSSR count). The van der Waals surface area contributed by atoms with Gasteiger partial charge in [-0.25, -0.2) is 0 Å². The molecule has 0 saturated carbocycles. The highest BCUT2D eigenvalue weighted by Crippen LogP contribution is 2.25. The van der Waals surface area contributed by atoms with Crippen LogP contribution in [-0.4, -0.2) is 59.4 Å². The quantitative estimate of drug-likeness (QED) is 0.759. The molecule has 6 nitrogen and oxygen atoms in total. The number of nitrogens with zero attached hydrogens (tertiary/aromatic N) is 3. The van der Waals surface area contributed by atoms with Gasteiger partial charge in [0.2, 0.25) is 0 Å². The number of ether oxygens (including phenoxy) is 1. The SMILES string of the molecule is O=C(c1ccncc1)N1CCC(COc2ccccc2C(=O)N2CCCCC2)CC1. The summed E-state index contributed by atoms with van der Waals surface area (Å²) in [5.41, 5.74) is 1.34. The average molecular weight is 408 g/mol. The van der Waals surface area contributed by atoms with Gasteiger partial charge in [-0.05, 0) is 62.3 Å². The normalized spacial score (nSPS) is 17.6. The molecule has 1 aromatic carbocycles. The first-order chi connectivity index (χ1) is 14.7. The van der Waals surface area contributed by atoms with E-state index < -0.39 is 0 Å². The first-order valence-corrected chi connectivity index (χ1v) is 10.9. The van der Waals surface area contributed by atoms with Crippen molar-refractivity contribution in [2.24, 2.45) is 5.92 Å². The highest BCUT2D eigenvalue weighted by atomic mass is 16.5. The number of aromatic nitrogens is 1. The Morgan fingerprint density at radius 2 is 1.53 bits per heavy atom. The molecule has 0 unspecified atom stereocenters. The largest absolute Gasteiger partial charge is 0.492 e. The number of carbonyl (C=O) groups is 2. The topological polar surface area (TPSA) is 62.7 Å². The Morgan fingerprint density at radius 1 is 0.867 bits per heavy atom. The van der Waals surface area contributed by atoms with Gasteiger partial charge >= 0.3 is 0 Å². The van der Waals surface area contributed by atoms with E-state index in [4.69, 9.17) is 4.74 Å². The van der Waals surface area contributed by atoms with E-state index in [9.17, 15) is 9.59 Å². The number of amides is 2. The number of piperidine rings is 2. The van der Waals surface area contributed by atoms with Crippen molar-refractivity contribution in [2.45, 2.75) is 32.1 Å². The van der Waals surface area contributed by atoms with Gasteiger partial charge < -0.3 is 14.5 Å². The fraction of sp³-hybridized carbons (Fsp3) is 0.458. The molecule has 2 aliphatic rings. The molecule has 0 radical (unpaired) electrons. The van der Waals surface area contributed by atoms with Crippen molar-refractivity contribution >= 4 is 11.8 Å². The van der Waals surface area contributed by atoms with Crippen molar-refractivity contribution in [1.82, 2.24) is 14.8 Å². The Morgan fingerprint density at radius 3 is 2.27 bits per heavy atom. The number of hydrogen-bond donors (Lipinski definition) is 0. The van der Waals surface area contributed by atoms with Crippen LogP contribution in [0.3, 0.4) is 0 Å². The van der Waals surface area contributed by atoms with Crippen molar-refractivity contribution in [1.29, 1.82) is 0 Å².